The van der Waals surface area contributed by atoms with Gasteiger partial charge < -0.3 is 14.4 Å². The van der Waals surface area contributed by atoms with Gasteiger partial charge in [-0.2, -0.15) is 0 Å². The van der Waals surface area contributed by atoms with Gasteiger partial charge in [-0.15, -0.1) is 11.3 Å². The van der Waals surface area contributed by atoms with E-state index in [-0.39, 0.29) is 0 Å². The quantitative estimate of drug-likeness (QED) is 0.618. The van der Waals surface area contributed by atoms with Crippen molar-refractivity contribution in [2.45, 2.75) is 26.3 Å². The Balaban J connectivity index is 1.60. The van der Waals surface area contributed by atoms with Gasteiger partial charge in [0.15, 0.2) is 11.5 Å². The third-order valence-corrected chi connectivity index (χ3v) is 5.91. The van der Waals surface area contributed by atoms with Crippen molar-refractivity contribution in [1.82, 2.24) is 4.98 Å². The van der Waals surface area contributed by atoms with Crippen LogP contribution in [-0.2, 0) is 13.0 Å². The Hall–Kier alpha value is -2.53. The highest BCUT2D eigenvalue weighted by molar-refractivity contribution is 7.13. The molecular weight excluding hydrogens is 356 g/mol. The minimum absolute atomic E-state index is 0.729. The molecule has 0 amide bonds. The Morgan fingerprint density at radius 3 is 2.85 bits per heavy atom. The molecule has 0 atom stereocenters. The number of fused-ring (bicyclic) bond motifs is 1. The van der Waals surface area contributed by atoms with Crippen LogP contribution in [0.25, 0.3) is 10.6 Å². The summed E-state index contributed by atoms with van der Waals surface area (Å²) in [4.78, 5) is 7.33. The van der Waals surface area contributed by atoms with Crippen LogP contribution in [0.3, 0.4) is 0 Å². The average molecular weight is 381 g/mol. The Morgan fingerprint density at radius 1 is 1.15 bits per heavy atom. The number of methoxy groups -OCH3 is 2. The van der Waals surface area contributed by atoms with Gasteiger partial charge in [-0.05, 0) is 43.5 Å². The van der Waals surface area contributed by atoms with E-state index >= 15 is 0 Å². The van der Waals surface area contributed by atoms with Gasteiger partial charge in [-0.25, -0.2) is 4.98 Å². The summed E-state index contributed by atoms with van der Waals surface area (Å²) in [5, 5.41) is 3.11. The largest absolute Gasteiger partial charge is 0.493 e. The summed E-state index contributed by atoms with van der Waals surface area (Å²) in [5.41, 5.74) is 6.19. The first kappa shape index (κ1) is 17.9. The van der Waals surface area contributed by atoms with E-state index in [1.54, 1.807) is 25.6 Å². The van der Waals surface area contributed by atoms with Crippen LogP contribution in [0.2, 0.25) is 0 Å². The van der Waals surface area contributed by atoms with Crippen LogP contribution in [0, 0.1) is 6.92 Å². The van der Waals surface area contributed by atoms with Gasteiger partial charge in [-0.3, -0.25) is 0 Å². The molecule has 0 unspecified atom stereocenters. The molecule has 0 radical (unpaired) electrons. The molecule has 4 rings (SSSR count). The van der Waals surface area contributed by atoms with Gasteiger partial charge >= 0.3 is 0 Å². The summed E-state index contributed by atoms with van der Waals surface area (Å²) < 4.78 is 11.0. The SMILES string of the molecule is COc1cccc(-c2nc(CN3CCCc4cc(C)ccc43)cs2)c1OC. The standard InChI is InChI=1S/C22H24N2O2S/c1-15-9-10-19-16(12-15)6-5-11-24(19)13-17-14-27-22(23-17)18-7-4-8-20(25-2)21(18)26-3/h4,7-10,12,14H,5-6,11,13H2,1-3H3. The number of hydrogen-bond acceptors (Lipinski definition) is 5. The lowest BCUT2D eigenvalue weighted by Crippen LogP contribution is -2.28. The molecule has 4 nitrogen and oxygen atoms in total. The average Bonchev–Trinajstić information content (AvgIpc) is 3.15. The minimum atomic E-state index is 0.729. The molecule has 1 aromatic heterocycles. The number of benzene rings is 2. The topological polar surface area (TPSA) is 34.6 Å². The first-order valence-corrected chi connectivity index (χ1v) is 10.1. The van der Waals surface area contributed by atoms with Crippen molar-refractivity contribution in [2.24, 2.45) is 0 Å². The fraction of sp³-hybridized carbons (Fsp3) is 0.318. The van der Waals surface area contributed by atoms with E-state index in [0.29, 0.717) is 0 Å². The van der Waals surface area contributed by atoms with Crippen LogP contribution in [0.5, 0.6) is 11.5 Å². The summed E-state index contributed by atoms with van der Waals surface area (Å²) in [7, 11) is 3.33. The van der Waals surface area contributed by atoms with E-state index in [2.05, 4.69) is 35.4 Å². The molecular formula is C22H24N2O2S. The lowest BCUT2D eigenvalue weighted by Gasteiger charge is -2.31. The fourth-order valence-corrected chi connectivity index (χ4v) is 4.56. The molecule has 3 aromatic rings. The molecule has 27 heavy (non-hydrogen) atoms. The van der Waals surface area contributed by atoms with Crippen LogP contribution in [0.1, 0.15) is 23.2 Å². The molecule has 0 fully saturated rings. The maximum absolute atomic E-state index is 5.57. The number of anilines is 1. The van der Waals surface area contributed by atoms with E-state index in [4.69, 9.17) is 14.5 Å². The predicted molar refractivity (Wildman–Crippen MR) is 111 cm³/mol. The third-order valence-electron chi connectivity index (χ3n) is 4.99. The van der Waals surface area contributed by atoms with Gasteiger partial charge in [0, 0.05) is 17.6 Å². The van der Waals surface area contributed by atoms with E-state index in [1.807, 2.05) is 18.2 Å². The molecule has 0 aliphatic carbocycles. The molecule has 0 N–H and O–H groups in total. The lowest BCUT2D eigenvalue weighted by molar-refractivity contribution is 0.356. The third kappa shape index (κ3) is 3.52. The molecule has 1 aliphatic heterocycles. The number of rotatable bonds is 5. The Labute approximate surface area is 164 Å². The zero-order chi connectivity index (χ0) is 18.8. The summed E-state index contributed by atoms with van der Waals surface area (Å²) >= 11 is 1.65. The van der Waals surface area contributed by atoms with Crippen LogP contribution >= 0.6 is 11.3 Å². The van der Waals surface area contributed by atoms with Crippen molar-refractivity contribution < 1.29 is 9.47 Å². The number of para-hydroxylation sites is 1. The van der Waals surface area contributed by atoms with E-state index in [1.165, 1.54) is 23.2 Å². The predicted octanol–water partition coefficient (Wildman–Crippen LogP) is 5.09. The molecule has 0 spiro atoms. The van der Waals surface area contributed by atoms with Crippen LogP contribution in [0.4, 0.5) is 5.69 Å². The number of aryl methyl sites for hydroxylation is 2. The van der Waals surface area contributed by atoms with Crippen molar-refractivity contribution in [3.8, 4) is 22.1 Å². The van der Waals surface area contributed by atoms with Crippen molar-refractivity contribution >= 4 is 17.0 Å². The summed E-state index contributed by atoms with van der Waals surface area (Å²) in [6, 6.07) is 12.7. The Kier molecular flexibility index (Phi) is 5.03. The van der Waals surface area contributed by atoms with Crippen molar-refractivity contribution in [2.75, 3.05) is 25.7 Å². The van der Waals surface area contributed by atoms with Gasteiger partial charge in [0.25, 0.3) is 0 Å². The Morgan fingerprint density at radius 2 is 2.04 bits per heavy atom. The zero-order valence-corrected chi connectivity index (χ0v) is 16.8. The normalized spacial score (nSPS) is 13.4. The highest BCUT2D eigenvalue weighted by Gasteiger charge is 2.19. The molecule has 140 valence electrons. The van der Waals surface area contributed by atoms with E-state index < -0.39 is 0 Å². The number of aromatic nitrogens is 1. The first-order chi connectivity index (χ1) is 13.2. The maximum Gasteiger partial charge on any atom is 0.170 e. The smallest absolute Gasteiger partial charge is 0.170 e. The monoisotopic (exact) mass is 380 g/mol. The molecule has 2 aromatic carbocycles. The molecule has 5 heteroatoms. The van der Waals surface area contributed by atoms with E-state index in [9.17, 15) is 0 Å². The van der Waals surface area contributed by atoms with Crippen molar-refractivity contribution in [3.05, 3.63) is 58.6 Å². The second-order valence-electron chi connectivity index (χ2n) is 6.84. The summed E-state index contributed by atoms with van der Waals surface area (Å²) in [6.45, 7) is 4.07. The van der Waals surface area contributed by atoms with Gasteiger partial charge in [0.05, 0.1) is 32.0 Å². The van der Waals surface area contributed by atoms with E-state index in [0.717, 1.165) is 47.3 Å². The Bertz CT molecular complexity index is 951. The van der Waals surface area contributed by atoms with Crippen LogP contribution in [-0.4, -0.2) is 25.7 Å². The summed E-state index contributed by atoms with van der Waals surface area (Å²) in [6.07, 6.45) is 2.36. The van der Waals surface area contributed by atoms with Crippen molar-refractivity contribution in [3.63, 3.8) is 0 Å². The fourth-order valence-electron chi connectivity index (χ4n) is 3.72. The number of hydrogen-bond donors (Lipinski definition) is 0. The summed E-state index contributed by atoms with van der Waals surface area (Å²) in [5.74, 6) is 1.46. The molecule has 0 saturated carbocycles. The first-order valence-electron chi connectivity index (χ1n) is 9.20. The van der Waals surface area contributed by atoms with Crippen LogP contribution < -0.4 is 14.4 Å². The van der Waals surface area contributed by atoms with Crippen LogP contribution in [0.15, 0.2) is 41.8 Å². The zero-order valence-electron chi connectivity index (χ0n) is 16.0. The molecule has 2 heterocycles. The highest BCUT2D eigenvalue weighted by atomic mass is 32.1. The van der Waals surface area contributed by atoms with Gasteiger partial charge in [0.2, 0.25) is 0 Å². The maximum atomic E-state index is 5.57. The molecule has 0 bridgehead atoms. The number of thiazole rings is 1. The second kappa shape index (κ2) is 7.61. The minimum Gasteiger partial charge on any atom is -0.493 e. The lowest BCUT2D eigenvalue weighted by atomic mass is 9.99. The van der Waals surface area contributed by atoms with Gasteiger partial charge in [-0.1, -0.05) is 23.8 Å². The number of nitrogens with zero attached hydrogens (tertiary/aromatic N) is 2. The highest BCUT2D eigenvalue weighted by Crippen LogP contribution is 2.39. The number of ether oxygens (including phenoxy) is 2. The molecule has 1 aliphatic rings. The van der Waals surface area contributed by atoms with Gasteiger partial charge in [0.1, 0.15) is 5.01 Å². The molecule has 0 saturated heterocycles. The van der Waals surface area contributed by atoms with Crippen molar-refractivity contribution in [1.29, 1.82) is 0 Å². The second-order valence-corrected chi connectivity index (χ2v) is 7.70.